The molecule has 2 aromatic rings. The van der Waals surface area contributed by atoms with Crippen molar-refractivity contribution in [2.24, 2.45) is 0 Å². The first-order valence-corrected chi connectivity index (χ1v) is 13.7. The predicted molar refractivity (Wildman–Crippen MR) is 138 cm³/mol. The number of sulfonamides is 1. The molecule has 0 aliphatic carbocycles. The van der Waals surface area contributed by atoms with Crippen LogP contribution >= 0.6 is 11.6 Å². The van der Waals surface area contributed by atoms with Crippen LogP contribution < -0.4 is 9.62 Å². The van der Waals surface area contributed by atoms with Crippen molar-refractivity contribution in [3.05, 3.63) is 64.7 Å². The average molecular weight is 508 g/mol. The van der Waals surface area contributed by atoms with E-state index in [1.807, 2.05) is 44.2 Å². The molecular weight excluding hydrogens is 474 g/mol. The normalized spacial score (nSPS) is 12.1. The molecule has 7 nitrogen and oxygen atoms in total. The molecule has 0 unspecified atom stereocenters. The van der Waals surface area contributed by atoms with Gasteiger partial charge in [0.2, 0.25) is 21.8 Å². The molecule has 0 aromatic heterocycles. The Balaban J connectivity index is 2.38. The maximum absolute atomic E-state index is 13.6. The van der Waals surface area contributed by atoms with E-state index in [0.717, 1.165) is 22.5 Å². The maximum Gasteiger partial charge on any atom is 0.244 e. The monoisotopic (exact) mass is 507 g/mol. The van der Waals surface area contributed by atoms with Gasteiger partial charge in [-0.15, -0.1) is 0 Å². The van der Waals surface area contributed by atoms with Gasteiger partial charge in [0.1, 0.15) is 12.6 Å². The van der Waals surface area contributed by atoms with Crippen LogP contribution in [0.1, 0.15) is 37.8 Å². The van der Waals surface area contributed by atoms with Crippen molar-refractivity contribution in [3.63, 3.8) is 0 Å². The summed E-state index contributed by atoms with van der Waals surface area (Å²) in [4.78, 5) is 28.0. The summed E-state index contributed by atoms with van der Waals surface area (Å²) in [6.07, 6.45) is 2.78. The Labute approximate surface area is 208 Å². The van der Waals surface area contributed by atoms with Crippen molar-refractivity contribution in [1.29, 1.82) is 0 Å². The Morgan fingerprint density at radius 1 is 1.06 bits per heavy atom. The van der Waals surface area contributed by atoms with Crippen LogP contribution in [-0.2, 0) is 26.0 Å². The summed E-state index contributed by atoms with van der Waals surface area (Å²) in [5, 5.41) is 3.27. The summed E-state index contributed by atoms with van der Waals surface area (Å²) >= 11 is 6.22. The smallest absolute Gasteiger partial charge is 0.244 e. The molecular formula is C25H34ClN3O4S. The fraction of sp³-hybridized carbons (Fsp3) is 0.440. The van der Waals surface area contributed by atoms with E-state index in [-0.39, 0.29) is 12.5 Å². The number of hydrogen-bond donors (Lipinski definition) is 1. The molecule has 0 heterocycles. The lowest BCUT2D eigenvalue weighted by Crippen LogP contribution is -2.53. The first kappa shape index (κ1) is 27.7. The van der Waals surface area contributed by atoms with Gasteiger partial charge < -0.3 is 10.2 Å². The largest absolute Gasteiger partial charge is 0.354 e. The van der Waals surface area contributed by atoms with Crippen LogP contribution in [0, 0.1) is 6.92 Å². The highest BCUT2D eigenvalue weighted by atomic mass is 35.5. The molecule has 0 saturated carbocycles. The fourth-order valence-corrected chi connectivity index (χ4v) is 4.79. The van der Waals surface area contributed by atoms with E-state index >= 15 is 0 Å². The summed E-state index contributed by atoms with van der Waals surface area (Å²) < 4.78 is 26.4. The fourth-order valence-electron chi connectivity index (χ4n) is 3.72. The second-order valence-corrected chi connectivity index (χ2v) is 10.5. The van der Waals surface area contributed by atoms with Gasteiger partial charge in [0.05, 0.1) is 11.9 Å². The van der Waals surface area contributed by atoms with Gasteiger partial charge in [0, 0.05) is 18.1 Å². The van der Waals surface area contributed by atoms with E-state index in [4.69, 9.17) is 11.6 Å². The van der Waals surface area contributed by atoms with E-state index in [2.05, 4.69) is 5.32 Å². The van der Waals surface area contributed by atoms with E-state index in [9.17, 15) is 18.0 Å². The van der Waals surface area contributed by atoms with Gasteiger partial charge in [-0.2, -0.15) is 0 Å². The van der Waals surface area contributed by atoms with Crippen LogP contribution in [0.5, 0.6) is 0 Å². The number of rotatable bonds is 12. The van der Waals surface area contributed by atoms with Gasteiger partial charge in [-0.1, -0.05) is 61.8 Å². The zero-order valence-corrected chi connectivity index (χ0v) is 21.8. The molecule has 1 atom stereocenters. The molecule has 2 rings (SSSR count). The number of halogens is 1. The van der Waals surface area contributed by atoms with Crippen molar-refractivity contribution >= 4 is 39.1 Å². The molecule has 2 aromatic carbocycles. The predicted octanol–water partition coefficient (Wildman–Crippen LogP) is 3.79. The Hall–Kier alpha value is -2.58. The molecule has 0 fully saturated rings. The molecule has 0 radical (unpaired) electrons. The molecule has 186 valence electrons. The number of nitrogens with one attached hydrogen (secondary N) is 1. The first-order valence-electron chi connectivity index (χ1n) is 11.4. The lowest BCUT2D eigenvalue weighted by atomic mass is 10.1. The molecule has 0 spiro atoms. The standard InChI is InChI=1S/C25H34ClN3O4S/c1-5-16-27-25(31)22(6-2)28(17-15-20-11-8-7-9-12-20)24(30)18-29(34(4,32)33)23-14-10-13-21(26)19(23)3/h7-14,22H,5-6,15-18H2,1-4H3,(H,27,31)/t22-/m0/s1. The Bertz CT molecular complexity index is 1080. The summed E-state index contributed by atoms with van der Waals surface area (Å²) in [7, 11) is -3.79. The Morgan fingerprint density at radius 3 is 2.32 bits per heavy atom. The summed E-state index contributed by atoms with van der Waals surface area (Å²) in [5.74, 6) is -0.685. The van der Waals surface area contributed by atoms with E-state index in [1.54, 1.807) is 25.1 Å². The van der Waals surface area contributed by atoms with Crippen LogP contribution in [0.25, 0.3) is 0 Å². The van der Waals surface area contributed by atoms with E-state index in [1.165, 1.54) is 4.90 Å². The zero-order valence-electron chi connectivity index (χ0n) is 20.3. The minimum Gasteiger partial charge on any atom is -0.354 e. The zero-order chi connectivity index (χ0) is 25.3. The lowest BCUT2D eigenvalue weighted by Gasteiger charge is -2.33. The van der Waals surface area contributed by atoms with Gasteiger partial charge in [0.15, 0.2) is 0 Å². The number of amides is 2. The highest BCUT2D eigenvalue weighted by molar-refractivity contribution is 7.92. The third-order valence-corrected chi connectivity index (χ3v) is 7.14. The molecule has 0 bridgehead atoms. The number of benzene rings is 2. The summed E-state index contributed by atoms with van der Waals surface area (Å²) in [6.45, 7) is 5.87. The van der Waals surface area contributed by atoms with E-state index in [0.29, 0.717) is 35.7 Å². The minimum absolute atomic E-state index is 0.240. The maximum atomic E-state index is 13.6. The van der Waals surface area contributed by atoms with Crippen molar-refractivity contribution in [2.45, 2.75) is 46.1 Å². The summed E-state index contributed by atoms with van der Waals surface area (Å²) in [6, 6.07) is 13.9. The highest BCUT2D eigenvalue weighted by Gasteiger charge is 2.31. The van der Waals surface area contributed by atoms with Crippen molar-refractivity contribution in [3.8, 4) is 0 Å². The van der Waals surface area contributed by atoms with Crippen molar-refractivity contribution in [2.75, 3.05) is 30.2 Å². The molecule has 9 heteroatoms. The van der Waals surface area contributed by atoms with Crippen molar-refractivity contribution < 1.29 is 18.0 Å². The molecule has 0 saturated heterocycles. The van der Waals surface area contributed by atoms with Crippen LogP contribution in [0.2, 0.25) is 5.02 Å². The Kier molecular flexibility index (Phi) is 10.4. The average Bonchev–Trinajstić information content (AvgIpc) is 2.80. The molecule has 1 N–H and O–H groups in total. The second-order valence-electron chi connectivity index (χ2n) is 8.19. The van der Waals surface area contributed by atoms with Crippen LogP contribution in [0.3, 0.4) is 0 Å². The Morgan fingerprint density at radius 2 is 1.74 bits per heavy atom. The van der Waals surface area contributed by atoms with Gasteiger partial charge in [-0.3, -0.25) is 13.9 Å². The van der Waals surface area contributed by atoms with Gasteiger partial charge in [-0.05, 0) is 49.4 Å². The number of anilines is 1. The SMILES string of the molecule is CCCNC(=O)[C@H](CC)N(CCc1ccccc1)C(=O)CN(c1cccc(Cl)c1C)S(C)(=O)=O. The number of carbonyl (C=O) groups is 2. The third kappa shape index (κ3) is 7.46. The number of nitrogens with zero attached hydrogens (tertiary/aromatic N) is 2. The van der Waals surface area contributed by atoms with Crippen molar-refractivity contribution in [1.82, 2.24) is 10.2 Å². The molecule has 2 amide bonds. The number of hydrogen-bond acceptors (Lipinski definition) is 4. The molecule has 0 aliphatic rings. The molecule has 0 aliphatic heterocycles. The quantitative estimate of drug-likeness (QED) is 0.473. The molecule has 34 heavy (non-hydrogen) atoms. The topological polar surface area (TPSA) is 86.8 Å². The van der Waals surface area contributed by atoms with Crippen LogP contribution in [-0.4, -0.2) is 57.1 Å². The third-order valence-electron chi connectivity index (χ3n) is 5.61. The van der Waals surface area contributed by atoms with Gasteiger partial charge in [-0.25, -0.2) is 8.42 Å². The van der Waals surface area contributed by atoms with Crippen LogP contribution in [0.4, 0.5) is 5.69 Å². The van der Waals surface area contributed by atoms with Crippen LogP contribution in [0.15, 0.2) is 48.5 Å². The highest BCUT2D eigenvalue weighted by Crippen LogP contribution is 2.28. The first-order chi connectivity index (χ1) is 16.1. The minimum atomic E-state index is -3.79. The summed E-state index contributed by atoms with van der Waals surface area (Å²) in [5.41, 5.74) is 1.93. The van der Waals surface area contributed by atoms with Gasteiger partial charge >= 0.3 is 0 Å². The van der Waals surface area contributed by atoms with Gasteiger partial charge in [0.25, 0.3) is 0 Å². The van der Waals surface area contributed by atoms with E-state index < -0.39 is 28.5 Å². The lowest BCUT2D eigenvalue weighted by molar-refractivity contribution is -0.139. The number of carbonyl (C=O) groups excluding carboxylic acids is 2. The second kappa shape index (κ2) is 12.8.